The number of anilines is 2. The molecule has 0 saturated heterocycles. The fourth-order valence-corrected chi connectivity index (χ4v) is 4.22. The fourth-order valence-electron chi connectivity index (χ4n) is 3.23. The predicted molar refractivity (Wildman–Crippen MR) is 124 cm³/mol. The third-order valence-electron chi connectivity index (χ3n) is 4.83. The number of thiophene rings is 1. The Morgan fingerprint density at radius 2 is 1.70 bits per heavy atom. The number of hydrogen-bond acceptors (Lipinski definition) is 6. The second-order valence-electron chi connectivity index (χ2n) is 7.03. The van der Waals surface area contributed by atoms with Gasteiger partial charge in [-0.3, -0.25) is 0 Å². The van der Waals surface area contributed by atoms with E-state index in [-0.39, 0.29) is 0 Å². The van der Waals surface area contributed by atoms with E-state index < -0.39 is 0 Å². The molecule has 30 heavy (non-hydrogen) atoms. The Labute approximate surface area is 180 Å². The van der Waals surface area contributed by atoms with Crippen LogP contribution in [0.3, 0.4) is 0 Å². The lowest BCUT2D eigenvalue weighted by atomic mass is 10.1. The quantitative estimate of drug-likeness (QED) is 0.326. The van der Waals surface area contributed by atoms with Crippen LogP contribution in [0.1, 0.15) is 25.6 Å². The van der Waals surface area contributed by atoms with Gasteiger partial charge in [-0.1, -0.05) is 25.5 Å². The number of benzene rings is 2. The van der Waals surface area contributed by atoms with Gasteiger partial charge in [-0.05, 0) is 55.3 Å². The van der Waals surface area contributed by atoms with Gasteiger partial charge in [0.1, 0.15) is 28.0 Å². The highest BCUT2D eigenvalue weighted by Gasteiger charge is 2.15. The molecule has 2 aromatic carbocycles. The van der Waals surface area contributed by atoms with E-state index >= 15 is 0 Å². The summed E-state index contributed by atoms with van der Waals surface area (Å²) in [5.74, 6) is 3.27. The van der Waals surface area contributed by atoms with Crippen LogP contribution < -0.4 is 14.8 Å². The lowest BCUT2D eigenvalue weighted by Crippen LogP contribution is -1.99. The van der Waals surface area contributed by atoms with Gasteiger partial charge >= 0.3 is 0 Å². The molecular weight excluding hydrogens is 394 g/mol. The number of unbranched alkanes of at least 4 members (excludes halogenated alkanes) is 1. The van der Waals surface area contributed by atoms with Gasteiger partial charge in [0.15, 0.2) is 0 Å². The fraction of sp³-hybridized carbons (Fsp3) is 0.250. The zero-order chi connectivity index (χ0) is 20.9. The van der Waals surface area contributed by atoms with E-state index in [9.17, 15) is 0 Å². The molecule has 0 saturated carbocycles. The Kier molecular flexibility index (Phi) is 6.14. The van der Waals surface area contributed by atoms with E-state index in [1.54, 1.807) is 18.4 Å². The second-order valence-corrected chi connectivity index (χ2v) is 7.89. The molecule has 6 heteroatoms. The molecule has 4 aromatic rings. The summed E-state index contributed by atoms with van der Waals surface area (Å²) in [4.78, 5) is 10.3. The van der Waals surface area contributed by atoms with Gasteiger partial charge in [-0.25, -0.2) is 9.97 Å². The monoisotopic (exact) mass is 419 g/mol. The van der Waals surface area contributed by atoms with Crippen molar-refractivity contribution in [2.75, 3.05) is 19.0 Å². The van der Waals surface area contributed by atoms with Crippen LogP contribution >= 0.6 is 11.3 Å². The zero-order valence-electron chi connectivity index (χ0n) is 17.4. The SMILES string of the molecule is CCCCOc1ccc(Nc2nc(C)nc3scc(-c4ccc(OC)cc4)c23)cc1. The number of nitrogens with zero attached hydrogens (tertiary/aromatic N) is 2. The van der Waals surface area contributed by atoms with Crippen molar-refractivity contribution < 1.29 is 9.47 Å². The van der Waals surface area contributed by atoms with Crippen LogP contribution in [0.25, 0.3) is 21.3 Å². The molecule has 0 radical (unpaired) electrons. The molecule has 0 spiro atoms. The van der Waals surface area contributed by atoms with Crippen LogP contribution in [0.5, 0.6) is 11.5 Å². The number of methoxy groups -OCH3 is 1. The molecule has 1 N–H and O–H groups in total. The van der Waals surface area contributed by atoms with Gasteiger partial charge in [0.05, 0.1) is 19.1 Å². The van der Waals surface area contributed by atoms with E-state index in [0.29, 0.717) is 0 Å². The smallest absolute Gasteiger partial charge is 0.143 e. The topological polar surface area (TPSA) is 56.3 Å². The number of rotatable bonds is 8. The van der Waals surface area contributed by atoms with Crippen molar-refractivity contribution >= 4 is 33.1 Å². The Balaban J connectivity index is 1.65. The molecule has 0 aliphatic heterocycles. The third-order valence-corrected chi connectivity index (χ3v) is 5.70. The number of aryl methyl sites for hydroxylation is 1. The van der Waals surface area contributed by atoms with Crippen LogP contribution in [-0.2, 0) is 0 Å². The van der Waals surface area contributed by atoms with Crippen LogP contribution in [0.15, 0.2) is 53.9 Å². The number of nitrogens with one attached hydrogen (secondary N) is 1. The van der Waals surface area contributed by atoms with E-state index in [0.717, 1.165) is 69.6 Å². The van der Waals surface area contributed by atoms with Gasteiger partial charge in [0, 0.05) is 16.6 Å². The molecule has 0 aliphatic rings. The van der Waals surface area contributed by atoms with Crippen molar-refractivity contribution in [3.05, 3.63) is 59.7 Å². The summed E-state index contributed by atoms with van der Waals surface area (Å²) in [6.07, 6.45) is 2.18. The predicted octanol–water partition coefficient (Wildman–Crippen LogP) is 6.60. The molecule has 5 nitrogen and oxygen atoms in total. The molecule has 0 amide bonds. The van der Waals surface area contributed by atoms with E-state index in [2.05, 4.69) is 34.7 Å². The number of hydrogen-bond donors (Lipinski definition) is 1. The van der Waals surface area contributed by atoms with Crippen LogP contribution in [-0.4, -0.2) is 23.7 Å². The molecule has 0 bridgehead atoms. The maximum atomic E-state index is 5.76. The standard InChI is InChI=1S/C24H25N3O2S/c1-4-5-14-29-20-12-8-18(9-13-20)27-23-22-21(15-30-24(22)26-16(2)25-23)17-6-10-19(28-3)11-7-17/h6-13,15H,4-5,14H2,1-3H3,(H,25,26,27). The zero-order valence-corrected chi connectivity index (χ0v) is 18.3. The Hall–Kier alpha value is -3.12. The van der Waals surface area contributed by atoms with Gasteiger partial charge in [0.25, 0.3) is 0 Å². The van der Waals surface area contributed by atoms with Gasteiger partial charge in [0.2, 0.25) is 0 Å². The summed E-state index contributed by atoms with van der Waals surface area (Å²) >= 11 is 1.63. The maximum Gasteiger partial charge on any atom is 0.143 e. The minimum Gasteiger partial charge on any atom is -0.497 e. The summed E-state index contributed by atoms with van der Waals surface area (Å²) in [7, 11) is 1.67. The summed E-state index contributed by atoms with van der Waals surface area (Å²) in [6, 6.07) is 16.1. The van der Waals surface area contributed by atoms with Crippen LogP contribution in [0.2, 0.25) is 0 Å². The minimum atomic E-state index is 0.743. The summed E-state index contributed by atoms with van der Waals surface area (Å²) in [5, 5.41) is 6.64. The summed E-state index contributed by atoms with van der Waals surface area (Å²) in [6.45, 7) is 4.82. The van der Waals surface area contributed by atoms with Crippen molar-refractivity contribution in [2.45, 2.75) is 26.7 Å². The average molecular weight is 420 g/mol. The normalized spacial score (nSPS) is 10.9. The van der Waals surface area contributed by atoms with Crippen molar-refractivity contribution in [3.8, 4) is 22.6 Å². The van der Waals surface area contributed by atoms with E-state index in [1.165, 1.54) is 0 Å². The number of aromatic nitrogens is 2. The molecule has 2 heterocycles. The molecule has 0 unspecified atom stereocenters. The second kappa shape index (κ2) is 9.13. The highest BCUT2D eigenvalue weighted by atomic mass is 32.1. The van der Waals surface area contributed by atoms with Gasteiger partial charge in [-0.2, -0.15) is 0 Å². The highest BCUT2D eigenvalue weighted by Crippen LogP contribution is 2.38. The molecule has 2 aromatic heterocycles. The Bertz CT molecular complexity index is 1120. The highest BCUT2D eigenvalue weighted by molar-refractivity contribution is 7.17. The largest absolute Gasteiger partial charge is 0.497 e. The first kappa shape index (κ1) is 20.2. The Morgan fingerprint density at radius 3 is 2.40 bits per heavy atom. The lowest BCUT2D eigenvalue weighted by Gasteiger charge is -2.11. The third kappa shape index (κ3) is 4.39. The minimum absolute atomic E-state index is 0.743. The molecular formula is C24H25N3O2S. The first-order chi connectivity index (χ1) is 14.7. The van der Waals surface area contributed by atoms with Crippen molar-refractivity contribution in [3.63, 3.8) is 0 Å². The van der Waals surface area contributed by atoms with Crippen LogP contribution in [0.4, 0.5) is 11.5 Å². The molecule has 0 aliphatic carbocycles. The molecule has 154 valence electrons. The molecule has 0 fully saturated rings. The van der Waals surface area contributed by atoms with Gasteiger partial charge in [-0.15, -0.1) is 11.3 Å². The van der Waals surface area contributed by atoms with E-state index in [4.69, 9.17) is 14.5 Å². The van der Waals surface area contributed by atoms with Gasteiger partial charge < -0.3 is 14.8 Å². The van der Waals surface area contributed by atoms with Crippen molar-refractivity contribution in [1.82, 2.24) is 9.97 Å². The summed E-state index contributed by atoms with van der Waals surface area (Å²) < 4.78 is 11.1. The van der Waals surface area contributed by atoms with Crippen molar-refractivity contribution in [2.24, 2.45) is 0 Å². The lowest BCUT2D eigenvalue weighted by molar-refractivity contribution is 0.309. The molecule has 4 rings (SSSR count). The molecule has 0 atom stereocenters. The first-order valence-corrected chi connectivity index (χ1v) is 11.0. The summed E-state index contributed by atoms with van der Waals surface area (Å²) in [5.41, 5.74) is 3.18. The number of fused-ring (bicyclic) bond motifs is 1. The van der Waals surface area contributed by atoms with Crippen molar-refractivity contribution in [1.29, 1.82) is 0 Å². The first-order valence-electron chi connectivity index (χ1n) is 10.1. The number of ether oxygens (including phenoxy) is 2. The maximum absolute atomic E-state index is 5.76. The Morgan fingerprint density at radius 1 is 0.967 bits per heavy atom. The average Bonchev–Trinajstić information content (AvgIpc) is 3.19. The van der Waals surface area contributed by atoms with E-state index in [1.807, 2.05) is 43.3 Å². The van der Waals surface area contributed by atoms with Crippen LogP contribution in [0, 0.1) is 6.92 Å².